The zero-order chi connectivity index (χ0) is 8.91. The van der Waals surface area contributed by atoms with Gasteiger partial charge in [-0.2, -0.15) is 0 Å². The van der Waals surface area contributed by atoms with E-state index in [4.69, 9.17) is 17.0 Å². The lowest BCUT2D eigenvalue weighted by Gasteiger charge is -2.15. The minimum Gasteiger partial charge on any atom is -0.487 e. The van der Waals surface area contributed by atoms with Crippen LogP contribution in [0.1, 0.15) is 13.3 Å². The summed E-state index contributed by atoms with van der Waals surface area (Å²) in [5, 5.41) is 0.787. The zero-order valence-corrected chi connectivity index (χ0v) is 9.75. The molecule has 0 aliphatic rings. The Balaban J connectivity index is 3.46. The van der Waals surface area contributed by atoms with Crippen LogP contribution >= 0.6 is 12.2 Å². The van der Waals surface area contributed by atoms with Crippen LogP contribution in [0, 0.1) is 0 Å². The summed E-state index contributed by atoms with van der Waals surface area (Å²) in [4.78, 5) is 0. The predicted molar refractivity (Wildman–Crippen MR) is 57.0 cm³/mol. The molecule has 0 saturated heterocycles. The van der Waals surface area contributed by atoms with Crippen LogP contribution in [-0.2, 0) is 4.74 Å². The molecular weight excluding hydrogens is 172 g/mol. The van der Waals surface area contributed by atoms with Gasteiger partial charge in [-0.3, -0.25) is 0 Å². The van der Waals surface area contributed by atoms with E-state index in [0.717, 1.165) is 11.5 Å². The Morgan fingerprint density at radius 1 is 1.36 bits per heavy atom. The molecule has 0 fully saturated rings. The second-order valence-corrected chi connectivity index (χ2v) is 9.94. The van der Waals surface area contributed by atoms with Gasteiger partial charge in [0.2, 0.25) is 0 Å². The Bertz CT molecular complexity index is 129. The van der Waals surface area contributed by atoms with Crippen LogP contribution < -0.4 is 0 Å². The second kappa shape index (κ2) is 4.88. The first-order valence-corrected chi connectivity index (χ1v) is 8.23. The van der Waals surface area contributed by atoms with Crippen molar-refractivity contribution < 1.29 is 4.74 Å². The summed E-state index contributed by atoms with van der Waals surface area (Å²) in [6, 6.07) is 1.24. The van der Waals surface area contributed by atoms with Crippen LogP contribution in [0.3, 0.4) is 0 Å². The van der Waals surface area contributed by atoms with Gasteiger partial charge in [-0.05, 0) is 25.2 Å². The molecule has 0 rings (SSSR count). The molecule has 0 unspecified atom stereocenters. The fourth-order valence-electron chi connectivity index (χ4n) is 0.710. The van der Waals surface area contributed by atoms with Crippen molar-refractivity contribution in [1.82, 2.24) is 0 Å². The Morgan fingerprint density at radius 2 is 1.91 bits per heavy atom. The Labute approximate surface area is 76.1 Å². The van der Waals surface area contributed by atoms with Gasteiger partial charge in [0.25, 0.3) is 0 Å². The minimum atomic E-state index is -0.917. The number of ether oxygens (including phenoxy) is 1. The molecule has 0 saturated carbocycles. The largest absolute Gasteiger partial charge is 0.487 e. The summed E-state index contributed by atoms with van der Waals surface area (Å²) in [5.74, 6) is 0. The topological polar surface area (TPSA) is 9.23 Å². The van der Waals surface area contributed by atoms with Gasteiger partial charge in [-0.1, -0.05) is 19.6 Å². The van der Waals surface area contributed by atoms with Crippen molar-refractivity contribution in [2.24, 2.45) is 0 Å². The lowest BCUT2D eigenvalue weighted by molar-refractivity contribution is 0.328. The lowest BCUT2D eigenvalue weighted by atomic mass is 10.5. The highest BCUT2D eigenvalue weighted by Crippen LogP contribution is 2.11. The molecule has 0 aromatic rings. The van der Waals surface area contributed by atoms with Gasteiger partial charge in [-0.15, -0.1) is 0 Å². The quantitative estimate of drug-likeness (QED) is 0.498. The number of thiocarbonyl (C=S) groups is 1. The van der Waals surface area contributed by atoms with Crippen molar-refractivity contribution in [2.75, 3.05) is 6.61 Å². The Kier molecular flexibility index (Phi) is 4.93. The van der Waals surface area contributed by atoms with Crippen molar-refractivity contribution in [3.05, 3.63) is 0 Å². The molecule has 0 spiro atoms. The monoisotopic (exact) mass is 190 g/mol. The average molecular weight is 190 g/mol. The Hall–Kier alpha value is 0.107. The average Bonchev–Trinajstić information content (AvgIpc) is 1.83. The molecule has 66 valence electrons. The first kappa shape index (κ1) is 11.1. The van der Waals surface area contributed by atoms with Crippen molar-refractivity contribution in [3.8, 4) is 0 Å². The number of hydrogen-bond donors (Lipinski definition) is 0. The highest BCUT2D eigenvalue weighted by molar-refractivity contribution is 7.80. The molecule has 0 radical (unpaired) electrons. The van der Waals surface area contributed by atoms with E-state index in [9.17, 15) is 0 Å². The fourth-order valence-corrected chi connectivity index (χ4v) is 2.09. The SMILES string of the molecule is CCOC(=S)CC[Si](C)(C)C. The molecule has 1 nitrogen and oxygen atoms in total. The van der Waals surface area contributed by atoms with Gasteiger partial charge in [0.05, 0.1) is 6.61 Å². The molecule has 0 amide bonds. The number of rotatable bonds is 4. The second-order valence-electron chi connectivity index (χ2n) is 3.87. The fraction of sp³-hybridized carbons (Fsp3) is 0.875. The van der Waals surface area contributed by atoms with Crippen molar-refractivity contribution in [3.63, 3.8) is 0 Å². The highest BCUT2D eigenvalue weighted by Gasteiger charge is 2.13. The summed E-state index contributed by atoms with van der Waals surface area (Å²) in [7, 11) is -0.917. The first-order chi connectivity index (χ1) is 4.95. The molecular formula is C8H18OSSi. The van der Waals surface area contributed by atoms with Crippen LogP contribution in [0.15, 0.2) is 0 Å². The van der Waals surface area contributed by atoms with Crippen LogP contribution in [0.5, 0.6) is 0 Å². The van der Waals surface area contributed by atoms with E-state index in [-0.39, 0.29) is 0 Å². The van der Waals surface area contributed by atoms with E-state index in [1.54, 1.807) is 0 Å². The van der Waals surface area contributed by atoms with Gasteiger partial charge < -0.3 is 4.74 Å². The maximum absolute atomic E-state index is 5.19. The van der Waals surface area contributed by atoms with E-state index >= 15 is 0 Å². The van der Waals surface area contributed by atoms with Gasteiger partial charge in [0, 0.05) is 14.5 Å². The van der Waals surface area contributed by atoms with Gasteiger partial charge >= 0.3 is 0 Å². The minimum absolute atomic E-state index is 0.713. The third kappa shape index (κ3) is 8.01. The maximum Gasteiger partial charge on any atom is 0.159 e. The normalized spacial score (nSPS) is 11.3. The van der Waals surface area contributed by atoms with Crippen LogP contribution in [0.25, 0.3) is 0 Å². The molecule has 3 heteroatoms. The van der Waals surface area contributed by atoms with Crippen molar-refractivity contribution in [2.45, 2.75) is 39.0 Å². The summed E-state index contributed by atoms with van der Waals surface area (Å²) < 4.78 is 5.19. The van der Waals surface area contributed by atoms with Gasteiger partial charge in [0.15, 0.2) is 5.05 Å². The van der Waals surface area contributed by atoms with E-state index < -0.39 is 8.07 Å². The number of hydrogen-bond acceptors (Lipinski definition) is 2. The molecule has 0 aliphatic heterocycles. The van der Waals surface area contributed by atoms with Gasteiger partial charge in [-0.25, -0.2) is 0 Å². The van der Waals surface area contributed by atoms with Gasteiger partial charge in [0.1, 0.15) is 0 Å². The Morgan fingerprint density at radius 3 is 2.27 bits per heavy atom. The van der Waals surface area contributed by atoms with Crippen LogP contribution in [0.2, 0.25) is 25.7 Å². The van der Waals surface area contributed by atoms with Crippen molar-refractivity contribution >= 4 is 25.3 Å². The molecule has 0 aromatic carbocycles. The molecule has 0 aromatic heterocycles. The standard InChI is InChI=1S/C8H18OSSi/c1-5-9-8(10)6-7-11(2,3)4/h5-7H2,1-4H3. The molecule has 0 heterocycles. The maximum atomic E-state index is 5.19. The third-order valence-electron chi connectivity index (χ3n) is 1.38. The lowest BCUT2D eigenvalue weighted by Crippen LogP contribution is -2.20. The van der Waals surface area contributed by atoms with Crippen LogP contribution in [0.4, 0.5) is 0 Å². The van der Waals surface area contributed by atoms with Crippen molar-refractivity contribution in [1.29, 1.82) is 0 Å². The van der Waals surface area contributed by atoms with E-state index in [0.29, 0.717) is 6.61 Å². The molecule has 0 bridgehead atoms. The third-order valence-corrected chi connectivity index (χ3v) is 3.46. The molecule has 11 heavy (non-hydrogen) atoms. The molecule has 0 N–H and O–H groups in total. The summed E-state index contributed by atoms with van der Waals surface area (Å²) in [6.45, 7) is 9.73. The highest BCUT2D eigenvalue weighted by atomic mass is 32.1. The van der Waals surface area contributed by atoms with E-state index in [1.165, 1.54) is 6.04 Å². The summed E-state index contributed by atoms with van der Waals surface area (Å²) >= 11 is 5.02. The first-order valence-electron chi connectivity index (χ1n) is 4.11. The smallest absolute Gasteiger partial charge is 0.159 e. The van der Waals surface area contributed by atoms with Crippen LogP contribution in [-0.4, -0.2) is 19.7 Å². The molecule has 0 atom stereocenters. The summed E-state index contributed by atoms with van der Waals surface area (Å²) in [5.41, 5.74) is 0. The van der Waals surface area contributed by atoms with E-state index in [2.05, 4.69) is 19.6 Å². The molecule has 0 aliphatic carbocycles. The van der Waals surface area contributed by atoms with E-state index in [1.807, 2.05) is 6.92 Å². The zero-order valence-electron chi connectivity index (χ0n) is 7.94. The predicted octanol–water partition coefficient (Wildman–Crippen LogP) is 3.08. The summed E-state index contributed by atoms with van der Waals surface area (Å²) in [6.07, 6.45) is 0.971.